The lowest BCUT2D eigenvalue weighted by atomic mass is 10.2. The molecule has 0 bridgehead atoms. The normalized spacial score (nSPS) is 9.67. The predicted molar refractivity (Wildman–Crippen MR) is 55.7 cm³/mol. The molecule has 1 aromatic rings. The Balaban J connectivity index is 2.61. The van der Waals surface area contributed by atoms with Crippen LogP contribution in [0.15, 0.2) is 12.3 Å². The van der Waals surface area contributed by atoms with Crippen molar-refractivity contribution in [3.63, 3.8) is 0 Å². The Morgan fingerprint density at radius 2 is 2.27 bits per heavy atom. The van der Waals surface area contributed by atoms with Crippen LogP contribution in [0.3, 0.4) is 0 Å². The summed E-state index contributed by atoms with van der Waals surface area (Å²) in [6.45, 7) is 3.02. The highest BCUT2D eigenvalue weighted by atomic mass is 16.5. The average molecular weight is 206 g/mol. The SMILES string of the molecule is COCCCOc1nccc(C)c1C#N. The monoisotopic (exact) mass is 206 g/mol. The first-order valence-electron chi connectivity index (χ1n) is 4.77. The Hall–Kier alpha value is -1.60. The van der Waals surface area contributed by atoms with E-state index in [0.29, 0.717) is 24.7 Å². The molecule has 0 spiro atoms. The molecule has 0 saturated carbocycles. The van der Waals surface area contributed by atoms with Crippen molar-refractivity contribution < 1.29 is 9.47 Å². The highest BCUT2D eigenvalue weighted by Gasteiger charge is 2.06. The third kappa shape index (κ3) is 3.22. The van der Waals surface area contributed by atoms with Gasteiger partial charge in [0.2, 0.25) is 5.88 Å². The van der Waals surface area contributed by atoms with Gasteiger partial charge in [-0.05, 0) is 18.6 Å². The molecule has 80 valence electrons. The first-order valence-corrected chi connectivity index (χ1v) is 4.77. The summed E-state index contributed by atoms with van der Waals surface area (Å²) in [6, 6.07) is 3.88. The van der Waals surface area contributed by atoms with Gasteiger partial charge in [0.15, 0.2) is 0 Å². The fourth-order valence-electron chi connectivity index (χ4n) is 1.15. The van der Waals surface area contributed by atoms with Crippen molar-refractivity contribution in [3.05, 3.63) is 23.4 Å². The van der Waals surface area contributed by atoms with Crippen molar-refractivity contribution in [2.24, 2.45) is 0 Å². The Labute approximate surface area is 89.5 Å². The molecular weight excluding hydrogens is 192 g/mol. The second-order valence-corrected chi connectivity index (χ2v) is 3.11. The smallest absolute Gasteiger partial charge is 0.231 e. The first kappa shape index (κ1) is 11.5. The van der Waals surface area contributed by atoms with E-state index in [9.17, 15) is 0 Å². The highest BCUT2D eigenvalue weighted by molar-refractivity contribution is 5.43. The van der Waals surface area contributed by atoms with Crippen LogP contribution in [0.25, 0.3) is 0 Å². The molecule has 15 heavy (non-hydrogen) atoms. The molecule has 0 aliphatic rings. The lowest BCUT2D eigenvalue weighted by Crippen LogP contribution is -2.04. The maximum Gasteiger partial charge on any atom is 0.231 e. The minimum Gasteiger partial charge on any atom is -0.477 e. The molecule has 1 rings (SSSR count). The number of nitrogens with zero attached hydrogens (tertiary/aromatic N) is 2. The molecule has 0 aromatic carbocycles. The number of hydrogen-bond acceptors (Lipinski definition) is 4. The second-order valence-electron chi connectivity index (χ2n) is 3.11. The number of ether oxygens (including phenoxy) is 2. The fraction of sp³-hybridized carbons (Fsp3) is 0.455. The quantitative estimate of drug-likeness (QED) is 0.688. The van der Waals surface area contributed by atoms with E-state index >= 15 is 0 Å². The average Bonchev–Trinajstić information content (AvgIpc) is 2.24. The van der Waals surface area contributed by atoms with Gasteiger partial charge >= 0.3 is 0 Å². The molecule has 0 fully saturated rings. The molecule has 0 radical (unpaired) electrons. The lowest BCUT2D eigenvalue weighted by molar-refractivity contribution is 0.170. The molecular formula is C11H14N2O2. The number of hydrogen-bond donors (Lipinski definition) is 0. The maximum absolute atomic E-state index is 8.91. The van der Waals surface area contributed by atoms with Crippen molar-refractivity contribution in [3.8, 4) is 11.9 Å². The number of aromatic nitrogens is 1. The number of methoxy groups -OCH3 is 1. The van der Waals surface area contributed by atoms with Crippen LogP contribution < -0.4 is 4.74 Å². The van der Waals surface area contributed by atoms with Gasteiger partial charge in [-0.3, -0.25) is 0 Å². The lowest BCUT2D eigenvalue weighted by Gasteiger charge is -2.07. The van der Waals surface area contributed by atoms with E-state index in [4.69, 9.17) is 14.7 Å². The number of nitriles is 1. The number of aryl methyl sites for hydroxylation is 1. The van der Waals surface area contributed by atoms with E-state index in [-0.39, 0.29) is 0 Å². The summed E-state index contributed by atoms with van der Waals surface area (Å²) < 4.78 is 10.3. The van der Waals surface area contributed by atoms with E-state index in [0.717, 1.165) is 12.0 Å². The summed E-state index contributed by atoms with van der Waals surface area (Å²) >= 11 is 0. The van der Waals surface area contributed by atoms with Crippen LogP contribution in [-0.4, -0.2) is 25.3 Å². The summed E-state index contributed by atoms with van der Waals surface area (Å²) in [7, 11) is 1.64. The number of rotatable bonds is 5. The van der Waals surface area contributed by atoms with Crippen LogP contribution in [0.4, 0.5) is 0 Å². The highest BCUT2D eigenvalue weighted by Crippen LogP contribution is 2.17. The van der Waals surface area contributed by atoms with Crippen LogP contribution in [0.5, 0.6) is 5.88 Å². The molecule has 0 saturated heterocycles. The van der Waals surface area contributed by atoms with Gasteiger partial charge in [-0.25, -0.2) is 4.98 Å². The molecule has 1 heterocycles. The maximum atomic E-state index is 8.91. The molecule has 0 aliphatic carbocycles. The van der Waals surface area contributed by atoms with Gasteiger partial charge in [-0.1, -0.05) is 0 Å². The zero-order chi connectivity index (χ0) is 11.1. The van der Waals surface area contributed by atoms with Crippen LogP contribution in [-0.2, 0) is 4.74 Å². The third-order valence-electron chi connectivity index (χ3n) is 1.97. The first-order chi connectivity index (χ1) is 7.29. The largest absolute Gasteiger partial charge is 0.477 e. The zero-order valence-electron chi connectivity index (χ0n) is 8.99. The fourth-order valence-corrected chi connectivity index (χ4v) is 1.15. The molecule has 0 N–H and O–H groups in total. The summed E-state index contributed by atoms with van der Waals surface area (Å²) in [4.78, 5) is 4.02. The van der Waals surface area contributed by atoms with Gasteiger partial charge in [0.25, 0.3) is 0 Å². The third-order valence-corrected chi connectivity index (χ3v) is 1.97. The Kier molecular flexibility index (Phi) is 4.58. The van der Waals surface area contributed by atoms with Crippen LogP contribution >= 0.6 is 0 Å². The van der Waals surface area contributed by atoms with Gasteiger partial charge in [0.05, 0.1) is 6.61 Å². The molecule has 4 nitrogen and oxygen atoms in total. The Bertz CT molecular complexity index is 358. The van der Waals surface area contributed by atoms with Crippen molar-refractivity contribution in [2.75, 3.05) is 20.3 Å². The summed E-state index contributed by atoms with van der Waals surface area (Å²) in [5.41, 5.74) is 1.39. The van der Waals surface area contributed by atoms with Crippen molar-refractivity contribution in [2.45, 2.75) is 13.3 Å². The van der Waals surface area contributed by atoms with E-state index in [1.807, 2.05) is 6.92 Å². The topological polar surface area (TPSA) is 55.1 Å². The summed E-state index contributed by atoms with van der Waals surface area (Å²) in [6.07, 6.45) is 2.43. The van der Waals surface area contributed by atoms with Crippen LogP contribution in [0, 0.1) is 18.3 Å². The van der Waals surface area contributed by atoms with Crippen LogP contribution in [0.2, 0.25) is 0 Å². The standard InChI is InChI=1S/C11H14N2O2/c1-9-4-5-13-11(10(9)8-12)15-7-3-6-14-2/h4-5H,3,6-7H2,1-2H3. The number of pyridine rings is 1. The van der Waals surface area contributed by atoms with Crippen molar-refractivity contribution in [1.82, 2.24) is 4.98 Å². The summed E-state index contributed by atoms with van der Waals surface area (Å²) in [5.74, 6) is 0.411. The zero-order valence-corrected chi connectivity index (χ0v) is 8.99. The van der Waals surface area contributed by atoms with Crippen molar-refractivity contribution in [1.29, 1.82) is 5.26 Å². The molecule has 1 aromatic heterocycles. The predicted octanol–water partition coefficient (Wildman–Crippen LogP) is 1.68. The van der Waals surface area contributed by atoms with E-state index in [1.54, 1.807) is 19.4 Å². The molecule has 0 aliphatic heterocycles. The van der Waals surface area contributed by atoms with Gasteiger partial charge in [0, 0.05) is 26.3 Å². The van der Waals surface area contributed by atoms with Gasteiger partial charge in [-0.15, -0.1) is 0 Å². The van der Waals surface area contributed by atoms with Gasteiger partial charge < -0.3 is 9.47 Å². The summed E-state index contributed by atoms with van der Waals surface area (Å²) in [5, 5.41) is 8.91. The molecule has 0 atom stereocenters. The minimum absolute atomic E-state index is 0.411. The Morgan fingerprint density at radius 1 is 1.47 bits per heavy atom. The minimum atomic E-state index is 0.411. The van der Waals surface area contributed by atoms with E-state index in [1.165, 1.54) is 0 Å². The molecule has 0 amide bonds. The van der Waals surface area contributed by atoms with E-state index in [2.05, 4.69) is 11.1 Å². The van der Waals surface area contributed by atoms with Crippen molar-refractivity contribution >= 4 is 0 Å². The van der Waals surface area contributed by atoms with E-state index < -0.39 is 0 Å². The molecule has 4 heteroatoms. The van der Waals surface area contributed by atoms with Gasteiger partial charge in [0.1, 0.15) is 11.6 Å². The van der Waals surface area contributed by atoms with Crippen LogP contribution in [0.1, 0.15) is 17.5 Å². The molecule has 0 unspecified atom stereocenters. The van der Waals surface area contributed by atoms with Gasteiger partial charge in [-0.2, -0.15) is 5.26 Å². The Morgan fingerprint density at radius 3 is 2.93 bits per heavy atom. The second kappa shape index (κ2) is 5.99.